The van der Waals surface area contributed by atoms with Crippen LogP contribution in [0.25, 0.3) is 6.08 Å². The molecule has 2 N–H and O–H groups in total. The van der Waals surface area contributed by atoms with Gasteiger partial charge in [0.15, 0.2) is 0 Å². The van der Waals surface area contributed by atoms with Gasteiger partial charge in [0, 0.05) is 28.4 Å². The normalized spacial score (nSPS) is 12.7. The van der Waals surface area contributed by atoms with Crippen molar-refractivity contribution >= 4 is 40.9 Å². The molecule has 0 aromatic heterocycles. The molecule has 0 spiro atoms. The minimum atomic E-state index is -0.239. The second-order valence-corrected chi connectivity index (χ2v) is 7.25. The lowest BCUT2D eigenvalue weighted by Gasteiger charge is -2.18. The van der Waals surface area contributed by atoms with Crippen LogP contribution in [-0.4, -0.2) is 18.4 Å². The number of benzene rings is 2. The van der Waals surface area contributed by atoms with Gasteiger partial charge in [0.1, 0.15) is 12.4 Å². The Labute approximate surface area is 163 Å². The van der Waals surface area contributed by atoms with Crippen LogP contribution in [0.15, 0.2) is 48.0 Å². The van der Waals surface area contributed by atoms with E-state index in [0.717, 1.165) is 5.56 Å². The number of rotatable bonds is 5. The SMILES string of the molecule is CC(C)CC(=O)Nc1ccc(NC(=O)C2=Cc3cc(Cl)ccc3OC2)cc1. The molecule has 3 rings (SSSR count). The molecule has 0 saturated heterocycles. The largest absolute Gasteiger partial charge is 0.488 e. The summed E-state index contributed by atoms with van der Waals surface area (Å²) in [5.74, 6) is 0.743. The van der Waals surface area contributed by atoms with Gasteiger partial charge in [0.05, 0.1) is 5.57 Å². The Balaban J connectivity index is 1.64. The second kappa shape index (κ2) is 8.27. The molecule has 2 aromatic carbocycles. The van der Waals surface area contributed by atoms with Gasteiger partial charge in [-0.3, -0.25) is 9.59 Å². The summed E-state index contributed by atoms with van der Waals surface area (Å²) in [7, 11) is 0. The molecule has 1 heterocycles. The third-order valence-corrected chi connectivity index (χ3v) is 4.23. The summed E-state index contributed by atoms with van der Waals surface area (Å²) >= 11 is 6.00. The summed E-state index contributed by atoms with van der Waals surface area (Å²) in [6.07, 6.45) is 2.25. The smallest absolute Gasteiger partial charge is 0.255 e. The predicted molar refractivity (Wildman–Crippen MR) is 108 cm³/mol. The number of hydrogen-bond donors (Lipinski definition) is 2. The third kappa shape index (κ3) is 5.11. The van der Waals surface area contributed by atoms with Crippen molar-refractivity contribution in [2.75, 3.05) is 17.2 Å². The second-order valence-electron chi connectivity index (χ2n) is 6.82. The third-order valence-electron chi connectivity index (χ3n) is 4.00. The van der Waals surface area contributed by atoms with Crippen LogP contribution in [0.5, 0.6) is 5.75 Å². The standard InChI is InChI=1S/C21H21ClN2O3/c1-13(2)9-20(25)23-17-4-6-18(7-5-17)24-21(26)15-10-14-11-16(22)3-8-19(14)27-12-15/h3-8,10-11,13H,9,12H2,1-2H3,(H,23,25)(H,24,26). The Morgan fingerprint density at radius 2 is 1.74 bits per heavy atom. The van der Waals surface area contributed by atoms with Crippen molar-refractivity contribution in [3.05, 3.63) is 58.6 Å². The highest BCUT2D eigenvalue weighted by molar-refractivity contribution is 6.30. The molecule has 1 aliphatic rings. The number of anilines is 2. The Hall–Kier alpha value is -2.79. The highest BCUT2D eigenvalue weighted by Gasteiger charge is 2.17. The highest BCUT2D eigenvalue weighted by atomic mass is 35.5. The molecule has 6 heteroatoms. The molecule has 140 valence electrons. The molecule has 2 amide bonds. The van der Waals surface area contributed by atoms with Gasteiger partial charge >= 0.3 is 0 Å². The van der Waals surface area contributed by atoms with E-state index >= 15 is 0 Å². The summed E-state index contributed by atoms with van der Waals surface area (Å²) in [6.45, 7) is 4.19. The van der Waals surface area contributed by atoms with E-state index in [2.05, 4.69) is 10.6 Å². The monoisotopic (exact) mass is 384 g/mol. The van der Waals surface area contributed by atoms with Crippen molar-refractivity contribution in [1.82, 2.24) is 0 Å². The van der Waals surface area contributed by atoms with E-state index in [1.165, 1.54) is 0 Å². The van der Waals surface area contributed by atoms with E-state index in [9.17, 15) is 9.59 Å². The molecule has 0 fully saturated rings. The minimum absolute atomic E-state index is 0.0244. The fourth-order valence-electron chi connectivity index (χ4n) is 2.71. The van der Waals surface area contributed by atoms with E-state index in [4.69, 9.17) is 16.3 Å². The Kier molecular flexibility index (Phi) is 5.81. The zero-order valence-electron chi connectivity index (χ0n) is 15.2. The highest BCUT2D eigenvalue weighted by Crippen LogP contribution is 2.29. The Bertz CT molecular complexity index is 889. The maximum absolute atomic E-state index is 12.5. The first kappa shape index (κ1) is 19.0. The minimum Gasteiger partial charge on any atom is -0.488 e. The first-order chi connectivity index (χ1) is 12.9. The van der Waals surface area contributed by atoms with Crippen molar-refractivity contribution in [2.45, 2.75) is 20.3 Å². The van der Waals surface area contributed by atoms with Gasteiger partial charge in [-0.25, -0.2) is 0 Å². The fourth-order valence-corrected chi connectivity index (χ4v) is 2.89. The summed E-state index contributed by atoms with van der Waals surface area (Å²) in [6, 6.07) is 12.3. The molecule has 0 radical (unpaired) electrons. The lowest BCUT2D eigenvalue weighted by molar-refractivity contribution is -0.117. The van der Waals surface area contributed by atoms with E-state index in [0.29, 0.717) is 40.1 Å². The van der Waals surface area contributed by atoms with Gasteiger partial charge in [-0.05, 0) is 54.5 Å². The number of fused-ring (bicyclic) bond motifs is 1. The lowest BCUT2D eigenvalue weighted by atomic mass is 10.1. The molecule has 5 nitrogen and oxygen atoms in total. The van der Waals surface area contributed by atoms with Crippen LogP contribution in [-0.2, 0) is 9.59 Å². The number of nitrogens with one attached hydrogen (secondary N) is 2. The molecule has 0 bridgehead atoms. The van der Waals surface area contributed by atoms with Gasteiger partial charge in [-0.2, -0.15) is 0 Å². The van der Waals surface area contributed by atoms with Gasteiger partial charge in [-0.1, -0.05) is 25.4 Å². The number of carbonyl (C=O) groups excluding carboxylic acids is 2. The Morgan fingerprint density at radius 3 is 2.41 bits per heavy atom. The van der Waals surface area contributed by atoms with Gasteiger partial charge in [0.2, 0.25) is 5.91 Å². The lowest BCUT2D eigenvalue weighted by Crippen LogP contribution is -2.21. The first-order valence-electron chi connectivity index (χ1n) is 8.75. The average Bonchev–Trinajstić information content (AvgIpc) is 2.62. The number of halogens is 1. The number of carbonyl (C=O) groups is 2. The summed E-state index contributed by atoms with van der Waals surface area (Å²) in [5, 5.41) is 6.26. The van der Waals surface area contributed by atoms with Crippen LogP contribution in [0.3, 0.4) is 0 Å². The van der Waals surface area contributed by atoms with Crippen LogP contribution in [0.1, 0.15) is 25.8 Å². The summed E-state index contributed by atoms with van der Waals surface area (Å²) < 4.78 is 5.61. The van der Waals surface area contributed by atoms with E-state index in [1.54, 1.807) is 48.5 Å². The van der Waals surface area contributed by atoms with Crippen LogP contribution >= 0.6 is 11.6 Å². The molecule has 2 aromatic rings. The van der Waals surface area contributed by atoms with Crippen molar-refractivity contribution in [1.29, 1.82) is 0 Å². The maximum Gasteiger partial charge on any atom is 0.255 e. The molecule has 0 unspecified atom stereocenters. The quantitative estimate of drug-likeness (QED) is 0.782. The summed E-state index contributed by atoms with van der Waals surface area (Å²) in [4.78, 5) is 24.3. The van der Waals surface area contributed by atoms with Gasteiger partial charge in [-0.15, -0.1) is 0 Å². The van der Waals surface area contributed by atoms with Crippen LogP contribution in [0.2, 0.25) is 5.02 Å². The average molecular weight is 385 g/mol. The number of hydrogen-bond acceptors (Lipinski definition) is 3. The molecule has 27 heavy (non-hydrogen) atoms. The van der Waals surface area contributed by atoms with Crippen molar-refractivity contribution in [3.8, 4) is 5.75 Å². The van der Waals surface area contributed by atoms with Crippen molar-refractivity contribution < 1.29 is 14.3 Å². The Morgan fingerprint density at radius 1 is 1.07 bits per heavy atom. The molecule has 0 saturated carbocycles. The first-order valence-corrected chi connectivity index (χ1v) is 9.12. The van der Waals surface area contributed by atoms with Crippen LogP contribution < -0.4 is 15.4 Å². The number of amides is 2. The fraction of sp³-hybridized carbons (Fsp3) is 0.238. The molecular formula is C21H21ClN2O3. The zero-order chi connectivity index (χ0) is 19.4. The maximum atomic E-state index is 12.5. The molecule has 1 aliphatic heterocycles. The van der Waals surface area contributed by atoms with E-state index in [1.807, 2.05) is 13.8 Å². The molecular weight excluding hydrogens is 364 g/mol. The summed E-state index contributed by atoms with van der Waals surface area (Å²) in [5.41, 5.74) is 2.63. The van der Waals surface area contributed by atoms with Crippen LogP contribution in [0, 0.1) is 5.92 Å². The number of ether oxygens (including phenoxy) is 1. The molecule has 0 aliphatic carbocycles. The van der Waals surface area contributed by atoms with Gasteiger partial charge < -0.3 is 15.4 Å². The van der Waals surface area contributed by atoms with E-state index in [-0.39, 0.29) is 18.4 Å². The molecule has 0 atom stereocenters. The topological polar surface area (TPSA) is 67.4 Å². The van der Waals surface area contributed by atoms with Gasteiger partial charge in [0.25, 0.3) is 5.91 Å². The van der Waals surface area contributed by atoms with Crippen LogP contribution in [0.4, 0.5) is 11.4 Å². The van der Waals surface area contributed by atoms with Crippen molar-refractivity contribution in [2.24, 2.45) is 5.92 Å². The van der Waals surface area contributed by atoms with Crippen molar-refractivity contribution in [3.63, 3.8) is 0 Å². The predicted octanol–water partition coefficient (Wildman–Crippen LogP) is 4.74. The van der Waals surface area contributed by atoms with E-state index < -0.39 is 0 Å². The zero-order valence-corrected chi connectivity index (χ0v) is 16.0.